The van der Waals surface area contributed by atoms with Gasteiger partial charge in [-0.25, -0.2) is 0 Å². The van der Waals surface area contributed by atoms with Crippen LogP contribution >= 0.6 is 0 Å². The molecule has 2 aliphatic rings. The van der Waals surface area contributed by atoms with Crippen molar-refractivity contribution in [3.63, 3.8) is 0 Å². The van der Waals surface area contributed by atoms with Crippen molar-refractivity contribution in [2.24, 2.45) is 5.92 Å². The lowest BCUT2D eigenvalue weighted by Gasteiger charge is -2.35. The number of aliphatic hydroxyl groups is 2. The molecule has 9 N–H and O–H groups in total. The quantitative estimate of drug-likeness (QED) is 0.170. The van der Waals surface area contributed by atoms with Crippen molar-refractivity contribution in [2.45, 2.75) is 109 Å². The van der Waals surface area contributed by atoms with Crippen molar-refractivity contribution < 1.29 is 39.0 Å². The van der Waals surface area contributed by atoms with Crippen molar-refractivity contribution in [1.29, 1.82) is 0 Å². The molecule has 1 aromatic heterocycles. The second kappa shape index (κ2) is 17.6. The average molecular weight is 713 g/mol. The van der Waals surface area contributed by atoms with Gasteiger partial charge in [0.25, 0.3) is 0 Å². The van der Waals surface area contributed by atoms with E-state index in [1.165, 1.54) is 18.7 Å². The van der Waals surface area contributed by atoms with E-state index in [0.717, 1.165) is 16.5 Å². The summed E-state index contributed by atoms with van der Waals surface area (Å²) in [5.74, 6) is -3.95. The summed E-state index contributed by atoms with van der Waals surface area (Å²) in [5, 5.41) is 37.9. The molecule has 2 aliphatic heterocycles. The Morgan fingerprint density at radius 1 is 0.863 bits per heavy atom. The summed E-state index contributed by atoms with van der Waals surface area (Å²) in [6, 6.07) is 0.661. The maximum Gasteiger partial charge on any atom is 0.248 e. The standard InChI is InChI=1S/C35H52N8O8/c1-18(2)13-25-32(48)39-20(4)31(47)37-16-29(46)42-30(21(5)45)35(51)43-12-8-11-28(43)19(3)38-27(17-44)34(50)41-26(33(49)40-25)14-22-15-36-24-10-7-6-9-23(22)24/h6-7,9-10,15,18-21,25-28,30,36,38,44-45H,8,11-14,16-17H2,1-5H3,(H,37,47)(H,39,48)(H,40,49)(H,41,50)(H,42,46). The van der Waals surface area contributed by atoms with Gasteiger partial charge >= 0.3 is 0 Å². The largest absolute Gasteiger partial charge is 0.394 e. The van der Waals surface area contributed by atoms with Gasteiger partial charge in [0.15, 0.2) is 0 Å². The highest BCUT2D eigenvalue weighted by Gasteiger charge is 2.40. The average Bonchev–Trinajstić information content (AvgIpc) is 3.74. The fraction of sp³-hybridized carbons (Fsp3) is 0.600. The molecule has 8 unspecified atom stereocenters. The zero-order chi connectivity index (χ0) is 37.4. The van der Waals surface area contributed by atoms with Gasteiger partial charge in [0.05, 0.1) is 19.3 Å². The second-order valence-electron chi connectivity index (χ2n) is 14.0. The summed E-state index contributed by atoms with van der Waals surface area (Å²) in [5.41, 5.74) is 1.57. The van der Waals surface area contributed by atoms with Gasteiger partial charge in [0.2, 0.25) is 35.4 Å². The van der Waals surface area contributed by atoms with Crippen LogP contribution in [-0.2, 0) is 35.2 Å². The number of fused-ring (bicyclic) bond motifs is 2. The molecule has 0 aliphatic carbocycles. The predicted molar refractivity (Wildman–Crippen MR) is 188 cm³/mol. The van der Waals surface area contributed by atoms with E-state index in [1.54, 1.807) is 13.1 Å². The Bertz CT molecular complexity index is 1580. The van der Waals surface area contributed by atoms with Crippen LogP contribution in [0.15, 0.2) is 30.5 Å². The maximum atomic E-state index is 14.0. The number of carbonyl (C=O) groups excluding carboxylic acids is 6. The number of hydrogen-bond donors (Lipinski definition) is 9. The minimum atomic E-state index is -1.32. The van der Waals surface area contributed by atoms with Crippen LogP contribution in [0.5, 0.6) is 0 Å². The van der Waals surface area contributed by atoms with Gasteiger partial charge in [-0.15, -0.1) is 0 Å². The van der Waals surface area contributed by atoms with Crippen molar-refractivity contribution in [1.82, 2.24) is 41.8 Å². The minimum Gasteiger partial charge on any atom is -0.394 e. The molecular weight excluding hydrogens is 660 g/mol. The third kappa shape index (κ3) is 10.0. The summed E-state index contributed by atoms with van der Waals surface area (Å²) in [7, 11) is 0. The van der Waals surface area contributed by atoms with Crippen LogP contribution in [0.1, 0.15) is 59.4 Å². The van der Waals surface area contributed by atoms with Gasteiger partial charge in [-0.3, -0.25) is 34.1 Å². The molecule has 0 saturated carbocycles. The van der Waals surface area contributed by atoms with Gasteiger partial charge in [-0.2, -0.15) is 0 Å². The van der Waals surface area contributed by atoms with E-state index >= 15 is 0 Å². The number of H-pyrrole nitrogens is 1. The number of hydrogen-bond acceptors (Lipinski definition) is 9. The van der Waals surface area contributed by atoms with E-state index in [-0.39, 0.29) is 18.8 Å². The summed E-state index contributed by atoms with van der Waals surface area (Å²) >= 11 is 0. The molecule has 0 spiro atoms. The summed E-state index contributed by atoms with van der Waals surface area (Å²) in [4.78, 5) is 85.4. The van der Waals surface area contributed by atoms with Crippen LogP contribution in [-0.4, -0.2) is 124 Å². The second-order valence-corrected chi connectivity index (χ2v) is 14.0. The molecule has 280 valence electrons. The first-order chi connectivity index (χ1) is 24.2. The van der Waals surface area contributed by atoms with Gasteiger partial charge in [-0.1, -0.05) is 32.0 Å². The monoisotopic (exact) mass is 712 g/mol. The first-order valence-electron chi connectivity index (χ1n) is 17.6. The molecule has 3 heterocycles. The molecule has 6 amide bonds. The number of amides is 6. The fourth-order valence-corrected chi connectivity index (χ4v) is 6.69. The van der Waals surface area contributed by atoms with Crippen LogP contribution < -0.4 is 31.9 Å². The summed E-state index contributed by atoms with van der Waals surface area (Å²) in [6.07, 6.45) is 1.93. The SMILES string of the molecule is CC(C)CC1NC(=O)C(Cc2c[nH]c3ccccc23)NC(=O)C(CO)NC(C)C2CCCN2C(=O)C(C(C)O)NC(=O)CNC(=O)C(C)NC1=O. The summed E-state index contributed by atoms with van der Waals surface area (Å²) < 4.78 is 0. The van der Waals surface area contributed by atoms with Crippen molar-refractivity contribution in [2.75, 3.05) is 19.7 Å². The Labute approximate surface area is 297 Å². The number of aromatic nitrogens is 1. The van der Waals surface area contributed by atoms with Crippen molar-refractivity contribution in [3.05, 3.63) is 36.0 Å². The Morgan fingerprint density at radius 2 is 1.53 bits per heavy atom. The Morgan fingerprint density at radius 3 is 2.22 bits per heavy atom. The van der Waals surface area contributed by atoms with Crippen molar-refractivity contribution >= 4 is 46.3 Å². The molecule has 1 aromatic carbocycles. The number of benzene rings is 1. The molecule has 16 nitrogen and oxygen atoms in total. The smallest absolute Gasteiger partial charge is 0.248 e. The zero-order valence-corrected chi connectivity index (χ0v) is 29.8. The van der Waals surface area contributed by atoms with Crippen LogP contribution in [0.4, 0.5) is 0 Å². The molecule has 16 heteroatoms. The van der Waals surface area contributed by atoms with E-state index in [9.17, 15) is 39.0 Å². The lowest BCUT2D eigenvalue weighted by atomic mass is 10.00. The Balaban J connectivity index is 1.68. The minimum absolute atomic E-state index is 0.0470. The first kappa shape index (κ1) is 39.2. The number of aliphatic hydroxyl groups excluding tert-OH is 2. The highest BCUT2D eigenvalue weighted by atomic mass is 16.3. The lowest BCUT2D eigenvalue weighted by Crippen LogP contribution is -2.61. The molecule has 2 saturated heterocycles. The van der Waals surface area contributed by atoms with E-state index in [4.69, 9.17) is 0 Å². The molecule has 0 bridgehead atoms. The molecule has 51 heavy (non-hydrogen) atoms. The van der Waals surface area contributed by atoms with Crippen molar-refractivity contribution in [3.8, 4) is 0 Å². The highest BCUT2D eigenvalue weighted by Crippen LogP contribution is 2.23. The topological polar surface area (TPSA) is 234 Å². The van der Waals surface area contributed by atoms with Crippen LogP contribution in [0, 0.1) is 5.92 Å². The van der Waals surface area contributed by atoms with E-state index in [0.29, 0.717) is 19.4 Å². The van der Waals surface area contributed by atoms with E-state index < -0.39 is 97.0 Å². The molecule has 2 fully saturated rings. The summed E-state index contributed by atoms with van der Waals surface area (Å²) in [6.45, 7) is 7.49. The van der Waals surface area contributed by atoms with Crippen LogP contribution in [0.2, 0.25) is 0 Å². The number of carbonyl (C=O) groups is 6. The third-order valence-corrected chi connectivity index (χ3v) is 9.43. The fourth-order valence-electron chi connectivity index (χ4n) is 6.69. The molecular formula is C35H52N8O8. The van der Waals surface area contributed by atoms with Crippen LogP contribution in [0.25, 0.3) is 10.9 Å². The van der Waals surface area contributed by atoms with E-state index in [1.807, 2.05) is 38.1 Å². The lowest BCUT2D eigenvalue weighted by molar-refractivity contribution is -0.140. The number of nitrogens with zero attached hydrogens (tertiary/aromatic N) is 1. The first-order valence-corrected chi connectivity index (χ1v) is 17.6. The van der Waals surface area contributed by atoms with E-state index in [2.05, 4.69) is 36.9 Å². The number of para-hydroxylation sites is 1. The highest BCUT2D eigenvalue weighted by molar-refractivity contribution is 5.96. The number of rotatable bonds is 6. The Kier molecular flexibility index (Phi) is 13.5. The van der Waals surface area contributed by atoms with Crippen LogP contribution in [0.3, 0.4) is 0 Å². The Hall–Kier alpha value is -4.54. The third-order valence-electron chi connectivity index (χ3n) is 9.43. The molecule has 2 aromatic rings. The van der Waals surface area contributed by atoms with Gasteiger partial charge in [0.1, 0.15) is 30.2 Å². The number of aromatic amines is 1. The normalized spacial score (nSPS) is 28.6. The zero-order valence-electron chi connectivity index (χ0n) is 29.8. The maximum absolute atomic E-state index is 14.0. The number of nitrogens with one attached hydrogen (secondary N) is 7. The predicted octanol–water partition coefficient (Wildman–Crippen LogP) is -1.44. The van der Waals surface area contributed by atoms with Gasteiger partial charge < -0.3 is 46.7 Å². The van der Waals surface area contributed by atoms with Gasteiger partial charge in [0, 0.05) is 42.1 Å². The van der Waals surface area contributed by atoms with Gasteiger partial charge in [-0.05, 0) is 57.6 Å². The molecule has 4 rings (SSSR count). The molecule has 8 atom stereocenters. The molecule has 0 radical (unpaired) electrons.